The summed E-state index contributed by atoms with van der Waals surface area (Å²) >= 11 is 0. The van der Waals surface area contributed by atoms with Crippen molar-refractivity contribution < 1.29 is 9.90 Å². The molecule has 1 aliphatic rings. The fourth-order valence-electron chi connectivity index (χ4n) is 2.37. The number of carboxylic acids is 1. The molecular weight excluding hydrogens is 204 g/mol. The largest absolute Gasteiger partial charge is 0.476 e. The summed E-state index contributed by atoms with van der Waals surface area (Å²) in [4.78, 5) is 17.2. The molecule has 1 saturated heterocycles. The lowest BCUT2D eigenvalue weighted by Gasteiger charge is -2.26. The zero-order valence-corrected chi connectivity index (χ0v) is 9.39. The van der Waals surface area contributed by atoms with Crippen molar-refractivity contribution in [2.45, 2.75) is 32.2 Å². The van der Waals surface area contributed by atoms with E-state index in [0.717, 1.165) is 31.5 Å². The van der Waals surface area contributed by atoms with Crippen LogP contribution in [0.4, 0.5) is 5.69 Å². The molecule has 1 aromatic rings. The molecule has 1 aliphatic heterocycles. The molecule has 0 bridgehead atoms. The highest BCUT2D eigenvalue weighted by atomic mass is 16.4. The highest BCUT2D eigenvalue weighted by Gasteiger charge is 2.26. The van der Waals surface area contributed by atoms with Gasteiger partial charge in [-0.15, -0.1) is 0 Å². The van der Waals surface area contributed by atoms with E-state index in [1.54, 1.807) is 6.07 Å². The monoisotopic (exact) mass is 220 g/mol. The SMILES string of the molecule is CCC1CCCN1c1cccnc1C(=O)O. The van der Waals surface area contributed by atoms with Crippen molar-refractivity contribution in [3.05, 3.63) is 24.0 Å². The molecule has 0 amide bonds. The smallest absolute Gasteiger partial charge is 0.356 e. The number of pyridine rings is 1. The van der Waals surface area contributed by atoms with E-state index in [2.05, 4.69) is 16.8 Å². The van der Waals surface area contributed by atoms with Crippen LogP contribution in [0.2, 0.25) is 0 Å². The van der Waals surface area contributed by atoms with Crippen molar-refractivity contribution in [1.29, 1.82) is 0 Å². The molecule has 2 heterocycles. The number of aromatic carboxylic acids is 1. The normalized spacial score (nSPS) is 20.1. The number of hydrogen-bond donors (Lipinski definition) is 1. The second kappa shape index (κ2) is 4.51. The lowest BCUT2D eigenvalue weighted by Crippen LogP contribution is -2.30. The number of aromatic nitrogens is 1. The minimum atomic E-state index is -0.947. The third-order valence-corrected chi connectivity index (χ3v) is 3.15. The van der Waals surface area contributed by atoms with Crippen LogP contribution in [0.3, 0.4) is 0 Å². The van der Waals surface area contributed by atoms with Gasteiger partial charge in [-0.3, -0.25) is 0 Å². The van der Waals surface area contributed by atoms with Gasteiger partial charge in [0.25, 0.3) is 0 Å². The maximum absolute atomic E-state index is 11.1. The van der Waals surface area contributed by atoms with Gasteiger partial charge in [0.2, 0.25) is 0 Å². The van der Waals surface area contributed by atoms with Gasteiger partial charge in [-0.2, -0.15) is 0 Å². The van der Waals surface area contributed by atoms with Crippen LogP contribution in [-0.2, 0) is 0 Å². The third-order valence-electron chi connectivity index (χ3n) is 3.15. The Morgan fingerprint density at radius 3 is 3.19 bits per heavy atom. The van der Waals surface area contributed by atoms with Gasteiger partial charge in [-0.05, 0) is 31.4 Å². The predicted molar refractivity (Wildman–Crippen MR) is 61.9 cm³/mol. The fraction of sp³-hybridized carbons (Fsp3) is 0.500. The lowest BCUT2D eigenvalue weighted by atomic mass is 10.1. The summed E-state index contributed by atoms with van der Waals surface area (Å²) in [7, 11) is 0. The Hall–Kier alpha value is -1.58. The minimum absolute atomic E-state index is 0.169. The molecule has 1 fully saturated rings. The van der Waals surface area contributed by atoms with E-state index < -0.39 is 5.97 Å². The molecule has 0 aromatic carbocycles. The number of carbonyl (C=O) groups is 1. The van der Waals surface area contributed by atoms with Crippen molar-refractivity contribution in [2.75, 3.05) is 11.4 Å². The molecule has 4 nitrogen and oxygen atoms in total. The van der Waals surface area contributed by atoms with Crippen molar-refractivity contribution in [2.24, 2.45) is 0 Å². The summed E-state index contributed by atoms with van der Waals surface area (Å²) in [5.41, 5.74) is 0.933. The molecule has 16 heavy (non-hydrogen) atoms. The molecule has 2 rings (SSSR count). The van der Waals surface area contributed by atoms with E-state index in [0.29, 0.717) is 6.04 Å². The lowest BCUT2D eigenvalue weighted by molar-refractivity contribution is 0.0691. The average Bonchev–Trinajstić information content (AvgIpc) is 2.76. The molecule has 1 aromatic heterocycles. The van der Waals surface area contributed by atoms with E-state index in [1.165, 1.54) is 6.20 Å². The Labute approximate surface area is 94.9 Å². The molecule has 0 saturated carbocycles. The first-order chi connectivity index (χ1) is 7.74. The van der Waals surface area contributed by atoms with Crippen LogP contribution >= 0.6 is 0 Å². The summed E-state index contributed by atoms with van der Waals surface area (Å²) in [6.45, 7) is 3.07. The number of nitrogens with zero attached hydrogens (tertiary/aromatic N) is 2. The van der Waals surface area contributed by atoms with E-state index in [4.69, 9.17) is 5.11 Å². The molecule has 0 radical (unpaired) electrons. The summed E-state index contributed by atoms with van der Waals surface area (Å²) in [6.07, 6.45) is 4.86. The van der Waals surface area contributed by atoms with Crippen LogP contribution in [0.15, 0.2) is 18.3 Å². The molecule has 0 spiro atoms. The number of anilines is 1. The van der Waals surface area contributed by atoms with Gasteiger partial charge in [-0.1, -0.05) is 6.92 Å². The highest BCUT2D eigenvalue weighted by Crippen LogP contribution is 2.28. The molecular formula is C12H16N2O2. The van der Waals surface area contributed by atoms with Gasteiger partial charge in [-0.25, -0.2) is 9.78 Å². The molecule has 4 heteroatoms. The van der Waals surface area contributed by atoms with E-state index >= 15 is 0 Å². The Kier molecular flexibility index (Phi) is 3.08. The van der Waals surface area contributed by atoms with Gasteiger partial charge in [0.1, 0.15) is 0 Å². The zero-order valence-electron chi connectivity index (χ0n) is 9.39. The van der Waals surface area contributed by atoms with Gasteiger partial charge in [0, 0.05) is 18.8 Å². The first kappa shape index (κ1) is 10.9. The predicted octanol–water partition coefficient (Wildman–Crippen LogP) is 2.16. The van der Waals surface area contributed by atoms with Crippen LogP contribution < -0.4 is 4.90 Å². The van der Waals surface area contributed by atoms with E-state index in [1.807, 2.05) is 6.07 Å². The molecule has 86 valence electrons. The third kappa shape index (κ3) is 1.87. The zero-order chi connectivity index (χ0) is 11.5. The summed E-state index contributed by atoms with van der Waals surface area (Å²) < 4.78 is 0. The number of carboxylic acid groups (broad SMARTS) is 1. The van der Waals surface area contributed by atoms with Gasteiger partial charge >= 0.3 is 5.97 Å². The van der Waals surface area contributed by atoms with Gasteiger partial charge in [0.05, 0.1) is 5.69 Å². The Morgan fingerprint density at radius 1 is 1.69 bits per heavy atom. The van der Waals surface area contributed by atoms with Crippen LogP contribution in [0, 0.1) is 0 Å². The fourth-order valence-corrected chi connectivity index (χ4v) is 2.37. The summed E-state index contributed by atoms with van der Waals surface area (Å²) in [6, 6.07) is 4.11. The maximum atomic E-state index is 11.1. The van der Waals surface area contributed by atoms with Crippen LogP contribution in [0.5, 0.6) is 0 Å². The molecule has 1 unspecified atom stereocenters. The Balaban J connectivity index is 2.35. The van der Waals surface area contributed by atoms with E-state index in [-0.39, 0.29) is 5.69 Å². The first-order valence-electron chi connectivity index (χ1n) is 5.69. The van der Waals surface area contributed by atoms with Crippen molar-refractivity contribution in [1.82, 2.24) is 4.98 Å². The summed E-state index contributed by atoms with van der Waals surface area (Å²) in [5, 5.41) is 9.10. The second-order valence-electron chi connectivity index (χ2n) is 4.07. The van der Waals surface area contributed by atoms with E-state index in [9.17, 15) is 4.79 Å². The Bertz CT molecular complexity index is 392. The Morgan fingerprint density at radius 2 is 2.50 bits per heavy atom. The summed E-state index contributed by atoms with van der Waals surface area (Å²) in [5.74, 6) is -0.947. The standard InChI is InChI=1S/C12H16N2O2/c1-2-9-5-4-8-14(9)10-6-3-7-13-11(10)12(15)16/h3,6-7,9H,2,4-5,8H2,1H3,(H,15,16). The van der Waals surface area contributed by atoms with Crippen molar-refractivity contribution in [3.63, 3.8) is 0 Å². The van der Waals surface area contributed by atoms with Crippen LogP contribution in [-0.4, -0.2) is 28.6 Å². The number of hydrogen-bond acceptors (Lipinski definition) is 3. The minimum Gasteiger partial charge on any atom is -0.476 e. The quantitative estimate of drug-likeness (QED) is 0.848. The average molecular weight is 220 g/mol. The first-order valence-corrected chi connectivity index (χ1v) is 5.69. The molecule has 1 N–H and O–H groups in total. The highest BCUT2D eigenvalue weighted by molar-refractivity contribution is 5.92. The van der Waals surface area contributed by atoms with Gasteiger partial charge in [0.15, 0.2) is 5.69 Å². The second-order valence-corrected chi connectivity index (χ2v) is 4.07. The maximum Gasteiger partial charge on any atom is 0.356 e. The van der Waals surface area contributed by atoms with Crippen molar-refractivity contribution >= 4 is 11.7 Å². The van der Waals surface area contributed by atoms with Crippen LogP contribution in [0.1, 0.15) is 36.7 Å². The van der Waals surface area contributed by atoms with Gasteiger partial charge < -0.3 is 10.0 Å². The van der Waals surface area contributed by atoms with Crippen molar-refractivity contribution in [3.8, 4) is 0 Å². The molecule has 1 atom stereocenters. The molecule has 0 aliphatic carbocycles. The van der Waals surface area contributed by atoms with Crippen LogP contribution in [0.25, 0.3) is 0 Å². The topological polar surface area (TPSA) is 53.4 Å². The number of rotatable bonds is 3.